The Hall–Kier alpha value is -3.44. The SMILES string of the molecule is O=C(O)c1cc2ccccc2c(Cc2c([O-])c(C(=O)O)cc3ccccc23)c1[O-].[Zn+2]. The summed E-state index contributed by atoms with van der Waals surface area (Å²) in [5, 5.41) is 46.8. The van der Waals surface area contributed by atoms with Crippen LogP contribution in [0.1, 0.15) is 31.8 Å². The van der Waals surface area contributed by atoms with Crippen LogP contribution in [0.2, 0.25) is 0 Å². The van der Waals surface area contributed by atoms with E-state index in [9.17, 15) is 30.0 Å². The molecule has 7 heteroatoms. The topological polar surface area (TPSA) is 121 Å². The summed E-state index contributed by atoms with van der Waals surface area (Å²) < 4.78 is 0. The maximum atomic E-state index is 12.9. The Bertz CT molecular complexity index is 1210. The molecule has 0 fully saturated rings. The number of benzene rings is 4. The number of fused-ring (bicyclic) bond motifs is 2. The van der Waals surface area contributed by atoms with Crippen molar-refractivity contribution < 1.29 is 49.5 Å². The summed E-state index contributed by atoms with van der Waals surface area (Å²) in [5.41, 5.74) is -0.453. The van der Waals surface area contributed by atoms with E-state index >= 15 is 0 Å². The van der Waals surface area contributed by atoms with Crippen LogP contribution in [0.15, 0.2) is 60.7 Å². The van der Waals surface area contributed by atoms with Crippen LogP contribution in [0.3, 0.4) is 0 Å². The van der Waals surface area contributed by atoms with Gasteiger partial charge in [-0.3, -0.25) is 0 Å². The Balaban J connectivity index is 0.00000256. The number of hydrogen-bond donors (Lipinski definition) is 2. The molecule has 0 bridgehead atoms. The van der Waals surface area contributed by atoms with E-state index in [0.717, 1.165) is 0 Å². The van der Waals surface area contributed by atoms with Gasteiger partial charge in [0.25, 0.3) is 0 Å². The van der Waals surface area contributed by atoms with Crippen molar-refractivity contribution in [3.05, 3.63) is 82.9 Å². The third-order valence-corrected chi connectivity index (χ3v) is 5.02. The Morgan fingerprint density at radius 3 is 1.43 bits per heavy atom. The molecule has 0 aliphatic rings. The van der Waals surface area contributed by atoms with Crippen LogP contribution in [-0.2, 0) is 25.9 Å². The second kappa shape index (κ2) is 8.13. The van der Waals surface area contributed by atoms with E-state index < -0.39 is 23.4 Å². The molecular formula is C23H14O6Zn. The van der Waals surface area contributed by atoms with Crippen molar-refractivity contribution in [2.75, 3.05) is 0 Å². The van der Waals surface area contributed by atoms with Crippen molar-refractivity contribution in [2.45, 2.75) is 6.42 Å². The smallest absolute Gasteiger partial charge is 0.872 e. The number of carboxylic acids is 2. The molecule has 0 spiro atoms. The van der Waals surface area contributed by atoms with Gasteiger partial charge >= 0.3 is 31.4 Å². The third kappa shape index (κ3) is 3.48. The van der Waals surface area contributed by atoms with Crippen molar-refractivity contribution in [1.29, 1.82) is 0 Å². The van der Waals surface area contributed by atoms with Gasteiger partial charge in [0.05, 0.1) is 11.1 Å². The summed E-state index contributed by atoms with van der Waals surface area (Å²) in [6.07, 6.45) is -0.166. The largest absolute Gasteiger partial charge is 2.00 e. The predicted molar refractivity (Wildman–Crippen MR) is 104 cm³/mol. The fourth-order valence-corrected chi connectivity index (χ4v) is 3.65. The second-order valence-corrected chi connectivity index (χ2v) is 6.69. The summed E-state index contributed by atoms with van der Waals surface area (Å²) in [5.74, 6) is -4.07. The molecule has 0 heterocycles. The van der Waals surface area contributed by atoms with Crippen LogP contribution >= 0.6 is 0 Å². The van der Waals surface area contributed by atoms with Crippen LogP contribution in [-0.4, -0.2) is 22.2 Å². The summed E-state index contributed by atoms with van der Waals surface area (Å²) >= 11 is 0. The Morgan fingerprint density at radius 1 is 0.700 bits per heavy atom. The zero-order valence-corrected chi connectivity index (χ0v) is 18.7. The first kappa shape index (κ1) is 21.3. The van der Waals surface area contributed by atoms with Gasteiger partial charge < -0.3 is 20.4 Å². The van der Waals surface area contributed by atoms with Crippen LogP contribution in [0.25, 0.3) is 21.5 Å². The van der Waals surface area contributed by atoms with Crippen molar-refractivity contribution in [2.24, 2.45) is 0 Å². The molecule has 0 saturated carbocycles. The molecule has 6 nitrogen and oxygen atoms in total. The average molecular weight is 452 g/mol. The standard InChI is InChI=1S/C23H16O6.Zn/c24-20-16(14-7-3-1-5-12(14)9-18(20)22(26)27)11-17-15-8-4-2-6-13(15)10-19(21(17)25)23(28)29;/h1-10,24-25H,11H2,(H,26,27)(H,28,29);/q;+2/p-2. The average Bonchev–Trinajstić information content (AvgIpc) is 2.70. The first-order chi connectivity index (χ1) is 13.9. The van der Waals surface area contributed by atoms with Crippen LogP contribution in [0, 0.1) is 0 Å². The van der Waals surface area contributed by atoms with Crippen molar-refractivity contribution in [1.82, 2.24) is 0 Å². The molecule has 2 N–H and O–H groups in total. The summed E-state index contributed by atoms with van der Waals surface area (Å²) in [7, 11) is 0. The summed E-state index contributed by atoms with van der Waals surface area (Å²) in [6.45, 7) is 0. The second-order valence-electron chi connectivity index (χ2n) is 6.69. The molecule has 0 radical (unpaired) electrons. The van der Waals surface area contributed by atoms with Gasteiger partial charge in [-0.15, -0.1) is 0 Å². The fourth-order valence-electron chi connectivity index (χ4n) is 3.65. The molecule has 0 aromatic heterocycles. The van der Waals surface area contributed by atoms with Crippen LogP contribution < -0.4 is 10.2 Å². The number of hydrogen-bond acceptors (Lipinski definition) is 4. The minimum Gasteiger partial charge on any atom is -0.872 e. The minimum atomic E-state index is -1.35. The van der Waals surface area contributed by atoms with Gasteiger partial charge in [0.1, 0.15) is 0 Å². The molecule has 0 aliphatic carbocycles. The number of carboxylic acid groups (broad SMARTS) is 2. The Kier molecular flexibility index (Phi) is 5.76. The molecule has 0 atom stereocenters. The van der Waals surface area contributed by atoms with Crippen LogP contribution in [0.4, 0.5) is 0 Å². The third-order valence-electron chi connectivity index (χ3n) is 5.02. The molecule has 0 amide bonds. The molecule has 0 unspecified atom stereocenters. The van der Waals surface area contributed by atoms with Gasteiger partial charge in [-0.1, -0.05) is 60.0 Å². The zero-order chi connectivity index (χ0) is 20.7. The molecule has 30 heavy (non-hydrogen) atoms. The molecule has 0 aliphatic heterocycles. The van der Waals surface area contributed by atoms with Gasteiger partial charge in [0.15, 0.2) is 0 Å². The molecular weight excluding hydrogens is 438 g/mol. The van der Waals surface area contributed by atoms with Gasteiger partial charge in [0.2, 0.25) is 0 Å². The fraction of sp³-hybridized carbons (Fsp3) is 0.0435. The monoisotopic (exact) mass is 450 g/mol. The Morgan fingerprint density at radius 2 is 1.07 bits per heavy atom. The van der Waals surface area contributed by atoms with E-state index in [1.54, 1.807) is 48.5 Å². The van der Waals surface area contributed by atoms with Crippen molar-refractivity contribution in [3.63, 3.8) is 0 Å². The van der Waals surface area contributed by atoms with Gasteiger partial charge in [-0.2, -0.15) is 0 Å². The van der Waals surface area contributed by atoms with E-state index in [2.05, 4.69) is 0 Å². The maximum absolute atomic E-state index is 12.9. The molecule has 4 rings (SSSR count). The van der Waals surface area contributed by atoms with Gasteiger partial charge in [-0.05, 0) is 51.2 Å². The molecule has 144 valence electrons. The minimum absolute atomic E-state index is 0. The summed E-state index contributed by atoms with van der Waals surface area (Å²) in [4.78, 5) is 23.1. The van der Waals surface area contributed by atoms with E-state index in [-0.39, 0.29) is 48.2 Å². The molecule has 0 saturated heterocycles. The van der Waals surface area contributed by atoms with E-state index in [1.807, 2.05) is 0 Å². The van der Waals surface area contributed by atoms with E-state index in [0.29, 0.717) is 21.5 Å². The zero-order valence-electron chi connectivity index (χ0n) is 15.7. The number of aromatic carboxylic acids is 2. The summed E-state index contributed by atoms with van der Waals surface area (Å²) in [6, 6.07) is 16.3. The normalized spacial score (nSPS) is 10.7. The Labute approximate surface area is 183 Å². The first-order valence-electron chi connectivity index (χ1n) is 8.78. The predicted octanol–water partition coefficient (Wildman–Crippen LogP) is 3.12. The van der Waals surface area contributed by atoms with Crippen LogP contribution in [0.5, 0.6) is 11.5 Å². The van der Waals surface area contributed by atoms with Crippen molar-refractivity contribution >= 4 is 33.5 Å². The van der Waals surface area contributed by atoms with E-state index in [1.165, 1.54) is 12.1 Å². The molecule has 4 aromatic rings. The molecule has 4 aromatic carbocycles. The maximum Gasteiger partial charge on any atom is 2.00 e. The quantitative estimate of drug-likeness (QED) is 0.460. The number of rotatable bonds is 4. The number of carbonyl (C=O) groups is 2. The van der Waals surface area contributed by atoms with E-state index in [4.69, 9.17) is 0 Å². The van der Waals surface area contributed by atoms with Gasteiger partial charge in [0, 0.05) is 0 Å². The first-order valence-corrected chi connectivity index (χ1v) is 8.78. The van der Waals surface area contributed by atoms with Crippen molar-refractivity contribution in [3.8, 4) is 11.5 Å². The van der Waals surface area contributed by atoms with Gasteiger partial charge in [-0.25, -0.2) is 9.59 Å².